The minimum Gasteiger partial charge on any atom is -0.391 e. The molecule has 0 aliphatic heterocycles. The van der Waals surface area contributed by atoms with Crippen LogP contribution in [0.5, 0.6) is 0 Å². The van der Waals surface area contributed by atoms with E-state index in [1.54, 1.807) is 36.8 Å². The standard InChI is InChI=1S/C17H22N4O2/c1-17(2,3)14(22)10-20-16(23)12-5-4-6-13(9-12)21-15-11-18-7-8-19-15/h4-9,11,14,22H,10H2,1-3H3,(H,19,21)(H,20,23). The predicted octanol–water partition coefficient (Wildman–Crippen LogP) is 2.36. The number of nitrogens with zero attached hydrogens (tertiary/aromatic N) is 2. The number of hydrogen-bond acceptors (Lipinski definition) is 5. The van der Waals surface area contributed by atoms with Gasteiger partial charge < -0.3 is 15.7 Å². The summed E-state index contributed by atoms with van der Waals surface area (Å²) >= 11 is 0. The summed E-state index contributed by atoms with van der Waals surface area (Å²) in [6.07, 6.45) is 4.18. The van der Waals surface area contributed by atoms with Crippen LogP contribution in [-0.4, -0.2) is 33.6 Å². The lowest BCUT2D eigenvalue weighted by atomic mass is 9.89. The Morgan fingerprint density at radius 2 is 2.09 bits per heavy atom. The van der Waals surface area contributed by atoms with E-state index in [1.165, 1.54) is 0 Å². The number of anilines is 2. The van der Waals surface area contributed by atoms with Crippen LogP contribution >= 0.6 is 0 Å². The Morgan fingerprint density at radius 1 is 1.30 bits per heavy atom. The van der Waals surface area contributed by atoms with E-state index in [9.17, 15) is 9.90 Å². The monoisotopic (exact) mass is 314 g/mol. The van der Waals surface area contributed by atoms with Gasteiger partial charge in [0.15, 0.2) is 0 Å². The first-order valence-corrected chi connectivity index (χ1v) is 7.45. The van der Waals surface area contributed by atoms with Crippen LogP contribution in [0.1, 0.15) is 31.1 Å². The average Bonchev–Trinajstić information content (AvgIpc) is 2.52. The maximum absolute atomic E-state index is 12.2. The summed E-state index contributed by atoms with van der Waals surface area (Å²) in [6, 6.07) is 7.08. The van der Waals surface area contributed by atoms with Crippen molar-refractivity contribution in [2.75, 3.05) is 11.9 Å². The van der Waals surface area contributed by atoms with Crippen molar-refractivity contribution in [2.45, 2.75) is 26.9 Å². The van der Waals surface area contributed by atoms with Gasteiger partial charge >= 0.3 is 0 Å². The number of aromatic nitrogens is 2. The molecule has 0 radical (unpaired) electrons. The fourth-order valence-electron chi connectivity index (χ4n) is 1.85. The third-order valence-corrected chi connectivity index (χ3v) is 3.42. The smallest absolute Gasteiger partial charge is 0.251 e. The number of benzene rings is 1. The second-order valence-corrected chi connectivity index (χ2v) is 6.39. The first-order valence-electron chi connectivity index (χ1n) is 7.45. The molecule has 2 aromatic rings. The molecule has 1 unspecified atom stereocenters. The summed E-state index contributed by atoms with van der Waals surface area (Å²) in [7, 11) is 0. The summed E-state index contributed by atoms with van der Waals surface area (Å²) in [5, 5.41) is 15.8. The van der Waals surface area contributed by atoms with E-state index >= 15 is 0 Å². The molecule has 1 aromatic carbocycles. The Hall–Kier alpha value is -2.47. The quantitative estimate of drug-likeness (QED) is 0.788. The Morgan fingerprint density at radius 3 is 2.74 bits per heavy atom. The number of hydrogen-bond donors (Lipinski definition) is 3. The lowest BCUT2D eigenvalue weighted by molar-refractivity contribution is 0.0587. The van der Waals surface area contributed by atoms with E-state index in [-0.39, 0.29) is 17.9 Å². The van der Waals surface area contributed by atoms with Crippen molar-refractivity contribution >= 4 is 17.4 Å². The topological polar surface area (TPSA) is 87.1 Å². The van der Waals surface area contributed by atoms with Crippen LogP contribution in [-0.2, 0) is 0 Å². The Balaban J connectivity index is 2.00. The highest BCUT2D eigenvalue weighted by Crippen LogP contribution is 2.19. The fraction of sp³-hybridized carbons (Fsp3) is 0.353. The van der Waals surface area contributed by atoms with E-state index in [2.05, 4.69) is 20.6 Å². The summed E-state index contributed by atoms with van der Waals surface area (Å²) in [5.41, 5.74) is 0.984. The second-order valence-electron chi connectivity index (χ2n) is 6.39. The highest BCUT2D eigenvalue weighted by molar-refractivity contribution is 5.95. The molecule has 6 nitrogen and oxygen atoms in total. The molecule has 0 fully saturated rings. The molecule has 1 amide bonds. The maximum Gasteiger partial charge on any atom is 0.251 e. The number of aliphatic hydroxyl groups is 1. The van der Waals surface area contributed by atoms with Crippen molar-refractivity contribution in [2.24, 2.45) is 5.41 Å². The summed E-state index contributed by atoms with van der Waals surface area (Å²) < 4.78 is 0. The lowest BCUT2D eigenvalue weighted by Gasteiger charge is -2.25. The summed E-state index contributed by atoms with van der Waals surface area (Å²) in [4.78, 5) is 20.3. The number of rotatable bonds is 5. The third-order valence-electron chi connectivity index (χ3n) is 3.42. The Kier molecular flexibility index (Phi) is 5.28. The number of carbonyl (C=O) groups excluding carboxylic acids is 1. The molecule has 0 spiro atoms. The van der Waals surface area contributed by atoms with Gasteiger partial charge in [-0.2, -0.15) is 0 Å². The molecule has 23 heavy (non-hydrogen) atoms. The van der Waals surface area contributed by atoms with Gasteiger partial charge in [0.25, 0.3) is 5.91 Å². The predicted molar refractivity (Wildman–Crippen MR) is 89.6 cm³/mol. The number of carbonyl (C=O) groups is 1. The zero-order valence-corrected chi connectivity index (χ0v) is 13.6. The third kappa shape index (κ3) is 5.03. The average molecular weight is 314 g/mol. The van der Waals surface area contributed by atoms with Crippen LogP contribution in [0.25, 0.3) is 0 Å². The molecular weight excluding hydrogens is 292 g/mol. The minimum absolute atomic E-state index is 0.212. The van der Waals surface area contributed by atoms with Gasteiger partial charge in [-0.25, -0.2) is 4.98 Å². The van der Waals surface area contributed by atoms with Crippen molar-refractivity contribution in [1.29, 1.82) is 0 Å². The van der Waals surface area contributed by atoms with Crippen LogP contribution < -0.4 is 10.6 Å². The molecule has 122 valence electrons. The van der Waals surface area contributed by atoms with Gasteiger partial charge in [0.1, 0.15) is 5.82 Å². The highest BCUT2D eigenvalue weighted by Gasteiger charge is 2.22. The normalized spacial score (nSPS) is 12.5. The number of nitrogens with one attached hydrogen (secondary N) is 2. The first kappa shape index (κ1) is 16.9. The van der Waals surface area contributed by atoms with E-state index < -0.39 is 6.10 Å². The number of aliphatic hydroxyl groups excluding tert-OH is 1. The van der Waals surface area contributed by atoms with Crippen molar-refractivity contribution < 1.29 is 9.90 Å². The lowest BCUT2D eigenvalue weighted by Crippen LogP contribution is -2.39. The molecule has 3 N–H and O–H groups in total. The fourth-order valence-corrected chi connectivity index (χ4v) is 1.85. The van der Waals surface area contributed by atoms with E-state index in [0.717, 1.165) is 5.69 Å². The molecule has 0 bridgehead atoms. The highest BCUT2D eigenvalue weighted by atomic mass is 16.3. The van der Waals surface area contributed by atoms with Crippen LogP contribution in [0.3, 0.4) is 0 Å². The number of amides is 1. The van der Waals surface area contributed by atoms with Crippen LogP contribution in [0, 0.1) is 5.41 Å². The van der Waals surface area contributed by atoms with Gasteiger partial charge in [-0.05, 0) is 23.6 Å². The zero-order chi connectivity index (χ0) is 16.9. The largest absolute Gasteiger partial charge is 0.391 e. The van der Waals surface area contributed by atoms with E-state index in [4.69, 9.17) is 0 Å². The Labute approximate surface area is 136 Å². The molecular formula is C17H22N4O2. The maximum atomic E-state index is 12.2. The van der Waals surface area contributed by atoms with Gasteiger partial charge in [0, 0.05) is 30.2 Å². The van der Waals surface area contributed by atoms with Gasteiger partial charge in [-0.1, -0.05) is 26.8 Å². The van der Waals surface area contributed by atoms with Gasteiger partial charge in [0.2, 0.25) is 0 Å². The molecule has 0 saturated heterocycles. The van der Waals surface area contributed by atoms with E-state index in [0.29, 0.717) is 11.4 Å². The van der Waals surface area contributed by atoms with Crippen molar-refractivity contribution in [3.05, 3.63) is 48.4 Å². The second kappa shape index (κ2) is 7.19. The molecule has 1 heterocycles. The Bertz CT molecular complexity index is 653. The van der Waals surface area contributed by atoms with Gasteiger partial charge in [-0.3, -0.25) is 9.78 Å². The van der Waals surface area contributed by atoms with Crippen LogP contribution in [0.4, 0.5) is 11.5 Å². The SMILES string of the molecule is CC(C)(C)C(O)CNC(=O)c1cccc(Nc2cnccn2)c1. The summed E-state index contributed by atoms with van der Waals surface area (Å²) in [5.74, 6) is 0.379. The molecule has 0 aliphatic carbocycles. The molecule has 6 heteroatoms. The minimum atomic E-state index is -0.604. The molecule has 0 saturated carbocycles. The zero-order valence-electron chi connectivity index (χ0n) is 13.6. The van der Waals surface area contributed by atoms with Crippen molar-refractivity contribution in [1.82, 2.24) is 15.3 Å². The van der Waals surface area contributed by atoms with Crippen molar-refractivity contribution in [3.8, 4) is 0 Å². The molecule has 0 aliphatic rings. The van der Waals surface area contributed by atoms with Crippen molar-refractivity contribution in [3.63, 3.8) is 0 Å². The van der Waals surface area contributed by atoms with Crippen LogP contribution in [0.2, 0.25) is 0 Å². The van der Waals surface area contributed by atoms with Gasteiger partial charge in [0.05, 0.1) is 12.3 Å². The molecule has 1 atom stereocenters. The molecule has 2 rings (SSSR count). The molecule has 1 aromatic heterocycles. The van der Waals surface area contributed by atoms with Gasteiger partial charge in [-0.15, -0.1) is 0 Å². The van der Waals surface area contributed by atoms with Crippen LogP contribution in [0.15, 0.2) is 42.9 Å². The van der Waals surface area contributed by atoms with E-state index in [1.807, 2.05) is 26.8 Å². The first-order chi connectivity index (χ1) is 10.9. The summed E-state index contributed by atoms with van der Waals surface area (Å²) in [6.45, 7) is 5.99.